The van der Waals surface area contributed by atoms with Gasteiger partial charge in [-0.2, -0.15) is 0 Å². The molecule has 0 bridgehead atoms. The second-order valence-corrected chi connectivity index (χ2v) is 5.17. The highest BCUT2D eigenvalue weighted by Crippen LogP contribution is 2.15. The Balaban J connectivity index is 1.98. The monoisotopic (exact) mass is 260 g/mol. The van der Waals surface area contributed by atoms with Gasteiger partial charge in [-0.05, 0) is 30.5 Å². The topological polar surface area (TPSA) is 25.4 Å². The minimum Gasteiger partial charge on any atom is -0.378 e. The van der Waals surface area contributed by atoms with Gasteiger partial charge in [0.25, 0.3) is 0 Å². The summed E-state index contributed by atoms with van der Waals surface area (Å²) in [6.07, 6.45) is 6.72. The summed E-state index contributed by atoms with van der Waals surface area (Å²) in [7, 11) is 0. The Morgan fingerprint density at radius 2 is 2.16 bits per heavy atom. The molecule has 1 aromatic rings. The third-order valence-corrected chi connectivity index (χ3v) is 3.61. The van der Waals surface area contributed by atoms with Crippen molar-refractivity contribution >= 4 is 11.9 Å². The van der Waals surface area contributed by atoms with Crippen LogP contribution in [0.25, 0.3) is 6.08 Å². The number of nitrogens with zero attached hydrogens (tertiary/aromatic N) is 2. The van der Waals surface area contributed by atoms with Crippen LogP contribution >= 0.6 is 0 Å². The van der Waals surface area contributed by atoms with Crippen molar-refractivity contribution in [2.24, 2.45) is 5.92 Å². The fourth-order valence-corrected chi connectivity index (χ4v) is 2.09. The molecule has 1 aliphatic rings. The molecule has 19 heavy (non-hydrogen) atoms. The minimum atomic E-state index is 0.749. The van der Waals surface area contributed by atoms with Gasteiger partial charge in [0.2, 0.25) is 0 Å². The highest BCUT2D eigenvalue weighted by atomic mass is 16.5. The van der Waals surface area contributed by atoms with Crippen LogP contribution in [0.3, 0.4) is 0 Å². The van der Waals surface area contributed by atoms with Gasteiger partial charge in [0, 0.05) is 13.1 Å². The van der Waals surface area contributed by atoms with E-state index in [-0.39, 0.29) is 0 Å². The lowest BCUT2D eigenvalue weighted by molar-refractivity contribution is 0.122. The fourth-order valence-electron chi connectivity index (χ4n) is 2.09. The van der Waals surface area contributed by atoms with Gasteiger partial charge >= 0.3 is 0 Å². The zero-order valence-electron chi connectivity index (χ0n) is 12.0. The maximum absolute atomic E-state index is 5.37. The highest BCUT2D eigenvalue weighted by molar-refractivity contribution is 5.50. The number of anilines is 1. The molecule has 0 aromatic carbocycles. The predicted molar refractivity (Wildman–Crippen MR) is 80.4 cm³/mol. The van der Waals surface area contributed by atoms with Gasteiger partial charge in [-0.1, -0.05) is 32.4 Å². The van der Waals surface area contributed by atoms with E-state index in [1.165, 1.54) is 6.42 Å². The van der Waals surface area contributed by atoms with Crippen molar-refractivity contribution in [3.63, 3.8) is 0 Å². The normalized spacial score (nSPS) is 17.9. The average molecular weight is 260 g/mol. The van der Waals surface area contributed by atoms with Gasteiger partial charge in [0.05, 0.1) is 18.9 Å². The Labute approximate surface area is 116 Å². The van der Waals surface area contributed by atoms with Crippen molar-refractivity contribution in [2.45, 2.75) is 26.7 Å². The summed E-state index contributed by atoms with van der Waals surface area (Å²) in [5.41, 5.74) is 1.05. The molecule has 1 aliphatic heterocycles. The van der Waals surface area contributed by atoms with E-state index in [0.29, 0.717) is 0 Å². The van der Waals surface area contributed by atoms with Crippen LogP contribution < -0.4 is 4.90 Å². The summed E-state index contributed by atoms with van der Waals surface area (Å²) in [5, 5.41) is 0. The van der Waals surface area contributed by atoms with Crippen LogP contribution in [0.2, 0.25) is 0 Å². The van der Waals surface area contributed by atoms with Crippen molar-refractivity contribution in [1.29, 1.82) is 0 Å². The summed E-state index contributed by atoms with van der Waals surface area (Å²) in [5.74, 6) is 1.81. The summed E-state index contributed by atoms with van der Waals surface area (Å²) in [6, 6.07) is 6.23. The molecule has 1 saturated heterocycles. The SMILES string of the molecule is CCC(C)C/C=C/c1cccc(N2CCOCC2)n1. The van der Waals surface area contributed by atoms with Crippen molar-refractivity contribution in [3.05, 3.63) is 30.0 Å². The first-order chi connectivity index (χ1) is 9.29. The van der Waals surface area contributed by atoms with Crippen LogP contribution in [0.5, 0.6) is 0 Å². The lowest BCUT2D eigenvalue weighted by Crippen LogP contribution is -2.36. The number of allylic oxidation sites excluding steroid dienone is 1. The van der Waals surface area contributed by atoms with E-state index in [1.54, 1.807) is 0 Å². The Hall–Kier alpha value is -1.35. The summed E-state index contributed by atoms with van der Waals surface area (Å²) in [6.45, 7) is 7.99. The van der Waals surface area contributed by atoms with Crippen molar-refractivity contribution in [2.75, 3.05) is 31.2 Å². The van der Waals surface area contributed by atoms with Crippen LogP contribution in [0, 0.1) is 5.92 Å². The molecular formula is C16H24N2O. The third-order valence-electron chi connectivity index (χ3n) is 3.61. The Morgan fingerprint density at radius 3 is 2.89 bits per heavy atom. The second kappa shape index (κ2) is 7.29. The number of ether oxygens (including phenoxy) is 1. The van der Waals surface area contributed by atoms with Gasteiger partial charge in [-0.3, -0.25) is 0 Å². The molecule has 0 radical (unpaired) electrons. The molecule has 1 aromatic heterocycles. The molecule has 2 heterocycles. The molecule has 2 rings (SSSR count). The largest absolute Gasteiger partial charge is 0.378 e. The molecule has 0 aliphatic carbocycles. The molecule has 0 spiro atoms. The Bertz CT molecular complexity index is 411. The second-order valence-electron chi connectivity index (χ2n) is 5.17. The molecule has 0 saturated carbocycles. The zero-order valence-corrected chi connectivity index (χ0v) is 12.0. The number of hydrogen-bond donors (Lipinski definition) is 0. The molecule has 1 fully saturated rings. The van der Waals surface area contributed by atoms with E-state index >= 15 is 0 Å². The summed E-state index contributed by atoms with van der Waals surface area (Å²) < 4.78 is 5.37. The van der Waals surface area contributed by atoms with E-state index in [1.807, 2.05) is 0 Å². The minimum absolute atomic E-state index is 0.749. The third kappa shape index (κ3) is 4.35. The van der Waals surface area contributed by atoms with Gasteiger partial charge in [-0.15, -0.1) is 0 Å². The molecule has 0 N–H and O–H groups in total. The van der Waals surface area contributed by atoms with E-state index in [4.69, 9.17) is 9.72 Å². The number of aromatic nitrogens is 1. The van der Waals surface area contributed by atoms with Crippen molar-refractivity contribution in [1.82, 2.24) is 4.98 Å². The maximum atomic E-state index is 5.37. The first-order valence-corrected chi connectivity index (χ1v) is 7.26. The van der Waals surface area contributed by atoms with Crippen LogP contribution in [0.4, 0.5) is 5.82 Å². The molecular weight excluding hydrogens is 236 g/mol. The van der Waals surface area contributed by atoms with Crippen LogP contribution in [0.15, 0.2) is 24.3 Å². The zero-order chi connectivity index (χ0) is 13.5. The van der Waals surface area contributed by atoms with Gasteiger partial charge in [0.1, 0.15) is 5.82 Å². The molecule has 3 nitrogen and oxygen atoms in total. The molecule has 1 atom stereocenters. The predicted octanol–water partition coefficient (Wildman–Crippen LogP) is 3.37. The first-order valence-electron chi connectivity index (χ1n) is 7.26. The summed E-state index contributed by atoms with van der Waals surface area (Å²) in [4.78, 5) is 6.99. The van der Waals surface area contributed by atoms with Gasteiger partial charge < -0.3 is 9.64 Å². The lowest BCUT2D eigenvalue weighted by atomic mass is 10.1. The van der Waals surface area contributed by atoms with Crippen LogP contribution in [0.1, 0.15) is 32.4 Å². The van der Waals surface area contributed by atoms with Crippen molar-refractivity contribution in [3.8, 4) is 0 Å². The molecule has 1 unspecified atom stereocenters. The van der Waals surface area contributed by atoms with Crippen molar-refractivity contribution < 1.29 is 4.74 Å². The number of morpholine rings is 1. The number of pyridine rings is 1. The quantitative estimate of drug-likeness (QED) is 0.811. The first kappa shape index (κ1) is 14.1. The van der Waals surface area contributed by atoms with E-state index in [9.17, 15) is 0 Å². The smallest absolute Gasteiger partial charge is 0.129 e. The van der Waals surface area contributed by atoms with Gasteiger partial charge in [0.15, 0.2) is 0 Å². The standard InChI is InChI=1S/C16H24N2O/c1-3-14(2)6-4-7-15-8-5-9-16(17-15)18-10-12-19-13-11-18/h4-5,7-9,14H,3,6,10-13H2,1-2H3/b7-4+. The van der Waals surface area contributed by atoms with E-state index < -0.39 is 0 Å². The Kier molecular flexibility index (Phi) is 5.40. The maximum Gasteiger partial charge on any atom is 0.129 e. The molecule has 3 heteroatoms. The number of hydrogen-bond acceptors (Lipinski definition) is 3. The van der Waals surface area contributed by atoms with E-state index in [0.717, 1.165) is 50.2 Å². The van der Waals surface area contributed by atoms with Gasteiger partial charge in [-0.25, -0.2) is 4.98 Å². The molecule has 0 amide bonds. The number of rotatable bonds is 5. The summed E-state index contributed by atoms with van der Waals surface area (Å²) >= 11 is 0. The lowest BCUT2D eigenvalue weighted by Gasteiger charge is -2.27. The van der Waals surface area contributed by atoms with Crippen LogP contribution in [-0.2, 0) is 4.74 Å². The fraction of sp³-hybridized carbons (Fsp3) is 0.562. The highest BCUT2D eigenvalue weighted by Gasteiger charge is 2.11. The Morgan fingerprint density at radius 1 is 1.37 bits per heavy atom. The molecule has 104 valence electrons. The average Bonchev–Trinajstić information content (AvgIpc) is 2.48. The van der Waals surface area contributed by atoms with Crippen LogP contribution in [-0.4, -0.2) is 31.3 Å². The van der Waals surface area contributed by atoms with E-state index in [2.05, 4.69) is 49.1 Å².